The van der Waals surface area contributed by atoms with Gasteiger partial charge in [-0.1, -0.05) is 12.1 Å². The van der Waals surface area contributed by atoms with Crippen LogP contribution in [-0.4, -0.2) is 28.8 Å². The van der Waals surface area contributed by atoms with Crippen LogP contribution in [0.5, 0.6) is 0 Å². The third kappa shape index (κ3) is 8.91. The Kier molecular flexibility index (Phi) is 11.2. The van der Waals surface area contributed by atoms with Crippen molar-refractivity contribution in [2.24, 2.45) is 0 Å². The average molecular weight is 556 g/mol. The van der Waals surface area contributed by atoms with E-state index in [1.54, 1.807) is 24.3 Å². The highest BCUT2D eigenvalue weighted by molar-refractivity contribution is 7.59. The Balaban J connectivity index is 0.00000324. The van der Waals surface area contributed by atoms with Crippen molar-refractivity contribution in [2.45, 2.75) is 63.5 Å². The maximum Gasteiger partial charge on any atom is 0.433 e. The lowest BCUT2D eigenvalue weighted by molar-refractivity contribution is -0.150. The molecule has 3 rings (SSSR count). The zero-order chi connectivity index (χ0) is 25.1. The predicted molar refractivity (Wildman–Crippen MR) is 133 cm³/mol. The van der Waals surface area contributed by atoms with Gasteiger partial charge in [0.2, 0.25) is 0 Å². The van der Waals surface area contributed by atoms with Crippen LogP contribution in [0.3, 0.4) is 0 Å². The second-order valence-electron chi connectivity index (χ2n) is 8.37. The Morgan fingerprint density at radius 1 is 0.889 bits per heavy atom. The number of aromatic nitrogens is 1. The highest BCUT2D eigenvalue weighted by Crippen LogP contribution is 2.35. The van der Waals surface area contributed by atoms with Crippen LogP contribution in [-0.2, 0) is 23.6 Å². The number of alkyl halides is 6. The second kappa shape index (κ2) is 12.7. The largest absolute Gasteiger partial charge is 0.433 e. The molecule has 0 unspecified atom stereocenters. The van der Waals surface area contributed by atoms with Crippen molar-refractivity contribution in [3.63, 3.8) is 0 Å². The smallest absolute Gasteiger partial charge is 0.382 e. The molecule has 2 N–H and O–H groups in total. The Morgan fingerprint density at radius 2 is 1.42 bits per heavy atom. The van der Waals surface area contributed by atoms with Crippen LogP contribution in [0.2, 0.25) is 0 Å². The first-order valence-electron chi connectivity index (χ1n) is 10.6. The first-order chi connectivity index (χ1) is 15.8. The van der Waals surface area contributed by atoms with Crippen molar-refractivity contribution in [3.05, 3.63) is 58.9 Å². The third-order valence-corrected chi connectivity index (χ3v) is 5.48. The van der Waals surface area contributed by atoms with E-state index in [0.29, 0.717) is 43.4 Å². The number of benzene rings is 1. The second-order valence-corrected chi connectivity index (χ2v) is 8.37. The van der Waals surface area contributed by atoms with Crippen molar-refractivity contribution >= 4 is 44.4 Å². The number of pyridine rings is 1. The van der Waals surface area contributed by atoms with Gasteiger partial charge in [0, 0.05) is 29.8 Å². The minimum atomic E-state index is -5.01. The average Bonchev–Trinajstić information content (AvgIpc) is 2.73. The van der Waals surface area contributed by atoms with E-state index in [1.165, 1.54) is 6.92 Å². The monoisotopic (exact) mass is 555 g/mol. The van der Waals surface area contributed by atoms with Gasteiger partial charge in [0.25, 0.3) is 5.91 Å². The van der Waals surface area contributed by atoms with Gasteiger partial charge in [0.05, 0.1) is 0 Å². The van der Waals surface area contributed by atoms with Gasteiger partial charge in [0.15, 0.2) is 0 Å². The number of Topliss-reactive ketones (excluding diaryl/α,β-unsaturated/α-hetero) is 1. The van der Waals surface area contributed by atoms with Crippen molar-refractivity contribution in [3.8, 4) is 0 Å². The quantitative estimate of drug-likeness (QED) is 0.454. The van der Waals surface area contributed by atoms with Crippen LogP contribution < -0.4 is 10.6 Å². The zero-order valence-corrected chi connectivity index (χ0v) is 21.2. The number of nitrogens with one attached hydrogen (secondary N) is 2. The van der Waals surface area contributed by atoms with E-state index in [2.05, 4.69) is 15.6 Å². The van der Waals surface area contributed by atoms with E-state index in [0.717, 1.165) is 5.56 Å². The van der Waals surface area contributed by atoms with Crippen molar-refractivity contribution in [1.82, 2.24) is 10.3 Å². The molecule has 0 saturated heterocycles. The number of nitrogens with zero attached hydrogens (tertiary/aromatic N) is 1. The first-order valence-corrected chi connectivity index (χ1v) is 10.6. The van der Waals surface area contributed by atoms with Crippen molar-refractivity contribution < 1.29 is 35.9 Å². The summed E-state index contributed by atoms with van der Waals surface area (Å²) in [6.07, 6.45) is -7.91. The summed E-state index contributed by atoms with van der Waals surface area (Å²) in [7, 11) is 0. The molecule has 1 aromatic heterocycles. The number of halogens is 6. The molecule has 1 saturated carbocycles. The van der Waals surface area contributed by atoms with Crippen LogP contribution in [0.1, 0.15) is 59.9 Å². The molecular formula is C23H27F6N3O2S2. The Labute approximate surface area is 218 Å². The summed E-state index contributed by atoms with van der Waals surface area (Å²) in [5, 5.41) is 5.65. The van der Waals surface area contributed by atoms with Gasteiger partial charge in [-0.15, -0.1) is 0 Å². The maximum atomic E-state index is 13.0. The van der Waals surface area contributed by atoms with Gasteiger partial charge in [-0.3, -0.25) is 9.59 Å². The highest BCUT2D eigenvalue weighted by atomic mass is 32.1. The molecule has 1 fully saturated rings. The molecule has 5 nitrogen and oxygen atoms in total. The molecule has 13 heteroatoms. The first kappa shape index (κ1) is 31.6. The van der Waals surface area contributed by atoms with Gasteiger partial charge < -0.3 is 10.6 Å². The number of carbonyl (C=O) groups is 2. The van der Waals surface area contributed by atoms with Crippen LogP contribution in [0.4, 0.5) is 32.0 Å². The SMILES string of the molecule is CC(=O)Cc1cccc(C(=O)NC2CCC(Nc3cc(C(F)(F)F)nc(C(F)(F)F)c3)CC2)c1.S.S. The van der Waals surface area contributed by atoms with Crippen LogP contribution in [0.15, 0.2) is 36.4 Å². The normalized spacial score (nSPS) is 17.9. The summed E-state index contributed by atoms with van der Waals surface area (Å²) in [6, 6.07) is 7.31. The third-order valence-electron chi connectivity index (χ3n) is 5.48. The van der Waals surface area contributed by atoms with Crippen molar-refractivity contribution in [1.29, 1.82) is 0 Å². The maximum absolute atomic E-state index is 13.0. The van der Waals surface area contributed by atoms with Gasteiger partial charge in [-0.25, -0.2) is 4.98 Å². The number of carbonyl (C=O) groups excluding carboxylic acids is 2. The summed E-state index contributed by atoms with van der Waals surface area (Å²) in [5.41, 5.74) is -2.39. The number of hydrogen-bond acceptors (Lipinski definition) is 4. The van der Waals surface area contributed by atoms with E-state index in [-0.39, 0.29) is 62.9 Å². The molecular weight excluding hydrogens is 528 g/mol. The van der Waals surface area contributed by atoms with Gasteiger partial charge >= 0.3 is 12.4 Å². The molecule has 0 spiro atoms. The molecule has 0 atom stereocenters. The number of hydrogen-bond donors (Lipinski definition) is 2. The Morgan fingerprint density at radius 3 is 1.92 bits per heavy atom. The fourth-order valence-electron chi connectivity index (χ4n) is 3.90. The summed E-state index contributed by atoms with van der Waals surface area (Å²) in [4.78, 5) is 26.5. The van der Waals surface area contributed by atoms with Crippen LogP contribution in [0, 0.1) is 0 Å². The lowest BCUT2D eigenvalue weighted by Crippen LogP contribution is -2.40. The predicted octanol–water partition coefficient (Wildman–Crippen LogP) is 5.63. The van der Waals surface area contributed by atoms with Gasteiger partial charge in [-0.2, -0.15) is 53.3 Å². The molecule has 1 aromatic carbocycles. The molecule has 1 amide bonds. The molecule has 1 heterocycles. The molecule has 0 bridgehead atoms. The van der Waals surface area contributed by atoms with E-state index >= 15 is 0 Å². The molecule has 2 aromatic rings. The Bertz CT molecular complexity index is 1020. The lowest BCUT2D eigenvalue weighted by atomic mass is 9.90. The molecule has 0 radical (unpaired) electrons. The standard InChI is InChI=1S/C23H23F6N3O2.2H2S/c1-13(33)9-14-3-2-4-15(10-14)21(34)31-17-7-5-16(6-8-17)30-18-11-19(22(24,25)26)32-20(12-18)23(27,28)29;;/h2-4,10-12,16-17H,5-9H2,1H3,(H,30,32)(H,31,34);2*1H2. The van der Waals surface area contributed by atoms with E-state index in [4.69, 9.17) is 0 Å². The molecule has 0 aliphatic heterocycles. The lowest BCUT2D eigenvalue weighted by Gasteiger charge is -2.30. The van der Waals surface area contributed by atoms with Crippen LogP contribution in [0.25, 0.3) is 0 Å². The molecule has 1 aliphatic carbocycles. The van der Waals surface area contributed by atoms with E-state index < -0.39 is 23.7 Å². The van der Waals surface area contributed by atoms with Gasteiger partial charge in [0.1, 0.15) is 17.2 Å². The zero-order valence-electron chi connectivity index (χ0n) is 19.2. The number of anilines is 1. The summed E-state index contributed by atoms with van der Waals surface area (Å²) < 4.78 is 78.0. The molecule has 36 heavy (non-hydrogen) atoms. The van der Waals surface area contributed by atoms with E-state index in [9.17, 15) is 35.9 Å². The molecule has 200 valence electrons. The fourth-order valence-corrected chi connectivity index (χ4v) is 3.90. The number of amides is 1. The highest BCUT2D eigenvalue weighted by Gasteiger charge is 2.39. The Hall–Kier alpha value is -2.41. The van der Waals surface area contributed by atoms with Crippen molar-refractivity contribution in [2.75, 3.05) is 5.32 Å². The van der Waals surface area contributed by atoms with Crippen LogP contribution >= 0.6 is 27.0 Å². The molecule has 1 aliphatic rings. The fraction of sp³-hybridized carbons (Fsp3) is 0.435. The van der Waals surface area contributed by atoms with E-state index in [1.807, 2.05) is 0 Å². The summed E-state index contributed by atoms with van der Waals surface area (Å²) in [6.45, 7) is 1.46. The number of rotatable bonds is 6. The number of ketones is 1. The summed E-state index contributed by atoms with van der Waals surface area (Å²) >= 11 is 0. The minimum absolute atomic E-state index is 0. The summed E-state index contributed by atoms with van der Waals surface area (Å²) in [5.74, 6) is -0.331. The van der Waals surface area contributed by atoms with Gasteiger partial charge in [-0.05, 0) is 62.4 Å². The minimum Gasteiger partial charge on any atom is -0.382 e. The topological polar surface area (TPSA) is 71.1 Å².